The third kappa shape index (κ3) is 5.17. The molecule has 13 nitrogen and oxygen atoms in total. The number of ketones is 2. The van der Waals surface area contributed by atoms with Crippen LogP contribution in [0.3, 0.4) is 0 Å². The lowest BCUT2D eigenvalue weighted by Gasteiger charge is -2.46. The van der Waals surface area contributed by atoms with Gasteiger partial charge in [-0.15, -0.1) is 0 Å². The summed E-state index contributed by atoms with van der Waals surface area (Å²) in [5, 5.41) is 54.4. The summed E-state index contributed by atoms with van der Waals surface area (Å²) in [6, 6.07) is 3.09. The number of hydrogen-bond acceptors (Lipinski definition) is 11. The first-order valence-corrected chi connectivity index (χ1v) is 13.7. The van der Waals surface area contributed by atoms with E-state index in [1.165, 1.54) is 16.1 Å². The molecule has 3 unspecified atom stereocenters. The largest absolute Gasteiger partial charge is 0.511 e. The van der Waals surface area contributed by atoms with Crippen LogP contribution in [-0.4, -0.2) is 105 Å². The summed E-state index contributed by atoms with van der Waals surface area (Å²) < 4.78 is 0. The number of allylic oxidation sites excluding steroid dienone is 2. The lowest BCUT2D eigenvalue weighted by molar-refractivity contribution is -0.175. The summed E-state index contributed by atoms with van der Waals surface area (Å²) >= 11 is 0. The Bertz CT molecular complexity index is 1420. The number of anilines is 1. The number of nitrogens with one attached hydrogen (secondary N) is 2. The molecule has 4 rings (SSSR count). The minimum atomic E-state index is -2.64. The second-order valence-corrected chi connectivity index (χ2v) is 12.5. The maximum Gasteiger partial charge on any atom is 0.290 e. The highest BCUT2D eigenvalue weighted by atomic mass is 16.3. The van der Waals surface area contributed by atoms with Crippen LogP contribution in [0.15, 0.2) is 34.8 Å². The molecule has 0 aliphatic heterocycles. The molecule has 0 fully saturated rings. The molecule has 42 heavy (non-hydrogen) atoms. The standard InChI is InChI=1S/C29H39N5O8/c1-28(2,3)30-13-19(36)31-17-9-8-14-10-15-11-16-12-18(35)22(27(41)34(32(4)5)33(6)7)26(40)29(16,42)25(39)21(15)24(38)20(14)23(17)37/h8-9,15-16,30,35,37,39,42H,10-13H2,1-7H3,(H,31,36). The summed E-state index contributed by atoms with van der Waals surface area (Å²) in [5.74, 6) is -6.90. The highest BCUT2D eigenvalue weighted by Crippen LogP contribution is 2.52. The van der Waals surface area contributed by atoms with Crippen molar-refractivity contribution in [3.8, 4) is 5.75 Å². The quantitative estimate of drug-likeness (QED) is 0.160. The van der Waals surface area contributed by atoms with Gasteiger partial charge >= 0.3 is 0 Å². The molecule has 0 bridgehead atoms. The van der Waals surface area contributed by atoms with Gasteiger partial charge < -0.3 is 31.1 Å². The van der Waals surface area contributed by atoms with Gasteiger partial charge in [-0.3, -0.25) is 19.2 Å². The topological polar surface area (TPSA) is 183 Å². The number of nitrogens with zero attached hydrogens (tertiary/aromatic N) is 3. The van der Waals surface area contributed by atoms with E-state index in [4.69, 9.17) is 0 Å². The van der Waals surface area contributed by atoms with Crippen LogP contribution in [0.4, 0.5) is 5.69 Å². The number of Topliss-reactive ketones (excluding diaryl/α,β-unsaturated/α-hetero) is 2. The van der Waals surface area contributed by atoms with Crippen molar-refractivity contribution in [2.24, 2.45) is 11.8 Å². The third-order valence-electron chi connectivity index (χ3n) is 7.89. The molecule has 2 amide bonds. The number of phenols is 1. The first-order valence-electron chi connectivity index (χ1n) is 13.7. The van der Waals surface area contributed by atoms with E-state index in [0.717, 1.165) is 5.12 Å². The highest BCUT2D eigenvalue weighted by Gasteiger charge is 2.60. The second kappa shape index (κ2) is 10.8. The monoisotopic (exact) mass is 585 g/mol. The maximum atomic E-state index is 13.8. The van der Waals surface area contributed by atoms with Crippen LogP contribution in [0.25, 0.3) is 0 Å². The number of fused-ring (bicyclic) bond motifs is 3. The van der Waals surface area contributed by atoms with Gasteiger partial charge in [0.15, 0.2) is 17.1 Å². The molecule has 0 heterocycles. The van der Waals surface area contributed by atoms with Gasteiger partial charge in [0.05, 0.1) is 17.8 Å². The summed E-state index contributed by atoms with van der Waals surface area (Å²) in [6.07, 6.45) is -0.0211. The van der Waals surface area contributed by atoms with E-state index in [1.54, 1.807) is 34.3 Å². The van der Waals surface area contributed by atoms with Gasteiger partial charge in [0, 0.05) is 51.6 Å². The van der Waals surface area contributed by atoms with Crippen molar-refractivity contribution in [1.29, 1.82) is 0 Å². The smallest absolute Gasteiger partial charge is 0.290 e. The molecule has 0 spiro atoms. The number of benzene rings is 1. The zero-order valence-electron chi connectivity index (χ0n) is 24.9. The molecule has 0 saturated heterocycles. The van der Waals surface area contributed by atoms with Crippen LogP contribution in [-0.2, 0) is 20.8 Å². The minimum Gasteiger partial charge on any atom is -0.511 e. The van der Waals surface area contributed by atoms with Crippen LogP contribution in [0.5, 0.6) is 5.75 Å². The van der Waals surface area contributed by atoms with E-state index in [-0.39, 0.29) is 48.2 Å². The number of aliphatic hydroxyl groups is 3. The number of hydrogen-bond donors (Lipinski definition) is 6. The van der Waals surface area contributed by atoms with Crippen molar-refractivity contribution in [1.82, 2.24) is 20.5 Å². The van der Waals surface area contributed by atoms with Crippen molar-refractivity contribution in [3.63, 3.8) is 0 Å². The Morgan fingerprint density at radius 3 is 2.21 bits per heavy atom. The molecule has 13 heteroatoms. The summed E-state index contributed by atoms with van der Waals surface area (Å²) in [6.45, 7) is 5.63. The zero-order valence-corrected chi connectivity index (χ0v) is 24.9. The van der Waals surface area contributed by atoms with Crippen molar-refractivity contribution in [3.05, 3.63) is 45.9 Å². The fourth-order valence-electron chi connectivity index (χ4n) is 6.02. The Hall–Kier alpha value is -3.78. The Kier molecular flexibility index (Phi) is 8.02. The van der Waals surface area contributed by atoms with Crippen LogP contribution in [0, 0.1) is 11.8 Å². The van der Waals surface area contributed by atoms with Gasteiger partial charge in [-0.1, -0.05) is 6.07 Å². The molecular formula is C29H39N5O8. The van der Waals surface area contributed by atoms with Crippen LogP contribution < -0.4 is 10.6 Å². The van der Waals surface area contributed by atoms with Crippen LogP contribution in [0.1, 0.15) is 49.5 Å². The summed E-state index contributed by atoms with van der Waals surface area (Å²) in [4.78, 5) is 53.4. The maximum absolute atomic E-state index is 13.8. The first kappa shape index (κ1) is 31.2. The zero-order chi connectivity index (χ0) is 31.5. The number of aliphatic hydroxyl groups excluding tert-OH is 2. The SMILES string of the molecule is CN(C)N(C(=O)C1=C(O)CC2CC3Cc4ccc(NC(=O)CNC(C)(C)C)c(O)c4C(=O)C3=C(O)C2(O)C1=O)N(C)C. The van der Waals surface area contributed by atoms with Crippen molar-refractivity contribution >= 4 is 29.1 Å². The lowest BCUT2D eigenvalue weighted by Crippen LogP contribution is -2.59. The Morgan fingerprint density at radius 1 is 1.02 bits per heavy atom. The molecular weight excluding hydrogens is 546 g/mol. The first-order chi connectivity index (χ1) is 19.4. The number of carbonyl (C=O) groups excluding carboxylic acids is 4. The van der Waals surface area contributed by atoms with Crippen LogP contribution in [0.2, 0.25) is 0 Å². The van der Waals surface area contributed by atoms with E-state index in [2.05, 4.69) is 10.6 Å². The minimum absolute atomic E-state index is 0.00399. The predicted octanol–water partition coefficient (Wildman–Crippen LogP) is 1.20. The van der Waals surface area contributed by atoms with Gasteiger partial charge in [0.1, 0.15) is 17.1 Å². The average Bonchev–Trinajstić information content (AvgIpc) is 2.85. The third-order valence-corrected chi connectivity index (χ3v) is 7.89. The van der Waals surface area contributed by atoms with Crippen molar-refractivity contribution in [2.45, 2.75) is 51.2 Å². The molecule has 3 aliphatic carbocycles. The highest BCUT2D eigenvalue weighted by molar-refractivity contribution is 6.24. The number of hydrazine groups is 2. The fraction of sp³-hybridized carbons (Fsp3) is 0.517. The van der Waals surface area contributed by atoms with Crippen LogP contribution >= 0.6 is 0 Å². The Morgan fingerprint density at radius 2 is 1.64 bits per heavy atom. The van der Waals surface area contributed by atoms with E-state index < -0.39 is 63.7 Å². The molecule has 3 aliphatic rings. The number of rotatable bonds is 6. The van der Waals surface area contributed by atoms with Gasteiger partial charge in [-0.05, 0) is 51.2 Å². The molecule has 228 valence electrons. The van der Waals surface area contributed by atoms with Gasteiger partial charge in [-0.25, -0.2) is 10.0 Å². The number of phenolic OH excluding ortho intramolecular Hbond substituents is 1. The molecule has 0 aromatic heterocycles. The number of aromatic hydroxyl groups is 1. The molecule has 3 atom stereocenters. The Labute approximate surface area is 244 Å². The van der Waals surface area contributed by atoms with Gasteiger partial charge in [-0.2, -0.15) is 5.12 Å². The van der Waals surface area contributed by atoms with E-state index >= 15 is 0 Å². The Balaban J connectivity index is 1.72. The molecule has 0 radical (unpaired) electrons. The van der Waals surface area contributed by atoms with Crippen molar-refractivity contribution in [2.75, 3.05) is 40.1 Å². The van der Waals surface area contributed by atoms with Gasteiger partial charge in [0.2, 0.25) is 11.7 Å². The molecule has 1 aromatic rings. The number of carbonyl (C=O) groups is 4. The second-order valence-electron chi connectivity index (χ2n) is 12.5. The van der Waals surface area contributed by atoms with E-state index in [1.807, 2.05) is 20.8 Å². The summed E-state index contributed by atoms with van der Waals surface area (Å²) in [7, 11) is 6.20. The van der Waals surface area contributed by atoms with E-state index in [9.17, 15) is 39.6 Å². The normalized spacial score (nSPS) is 24.0. The molecule has 6 N–H and O–H groups in total. The average molecular weight is 586 g/mol. The summed E-state index contributed by atoms with van der Waals surface area (Å²) in [5.41, 5.74) is -3.58. The van der Waals surface area contributed by atoms with Gasteiger partial charge in [0.25, 0.3) is 5.91 Å². The molecule has 0 saturated carbocycles. The van der Waals surface area contributed by atoms with E-state index in [0.29, 0.717) is 5.56 Å². The number of amides is 2. The lowest BCUT2D eigenvalue weighted by atomic mass is 9.60. The fourth-order valence-corrected chi connectivity index (χ4v) is 6.02. The molecule has 1 aromatic carbocycles. The predicted molar refractivity (Wildman–Crippen MR) is 152 cm³/mol. The van der Waals surface area contributed by atoms with Crippen molar-refractivity contribution < 1.29 is 39.6 Å².